The van der Waals surface area contributed by atoms with Crippen molar-refractivity contribution in [3.63, 3.8) is 0 Å². The molecule has 0 atom stereocenters. The van der Waals surface area contributed by atoms with Gasteiger partial charge in [-0.25, -0.2) is 13.2 Å². The van der Waals surface area contributed by atoms with Crippen molar-refractivity contribution in [1.29, 1.82) is 5.26 Å². The van der Waals surface area contributed by atoms with Crippen LogP contribution in [0.25, 0.3) is 0 Å². The predicted octanol–water partition coefficient (Wildman–Crippen LogP) is 2.03. The molecule has 0 saturated carbocycles. The SMILES string of the molecule is N#Cc1cc(C(F)F)ncc1F. The largest absolute Gasteiger partial charge is 0.280 e. The Balaban J connectivity index is 3.16. The van der Waals surface area contributed by atoms with Gasteiger partial charge in [-0.2, -0.15) is 5.26 Å². The number of alkyl halides is 2. The van der Waals surface area contributed by atoms with Crippen molar-refractivity contribution in [3.05, 3.63) is 29.3 Å². The van der Waals surface area contributed by atoms with Crippen molar-refractivity contribution in [3.8, 4) is 6.07 Å². The molecule has 12 heavy (non-hydrogen) atoms. The second-order valence-corrected chi connectivity index (χ2v) is 2.00. The van der Waals surface area contributed by atoms with Gasteiger partial charge in [0, 0.05) is 0 Å². The molecular weight excluding hydrogens is 169 g/mol. The van der Waals surface area contributed by atoms with Gasteiger partial charge in [-0.15, -0.1) is 0 Å². The molecular formula is C7H3F3N2. The normalized spacial score (nSPS) is 9.92. The van der Waals surface area contributed by atoms with Crippen LogP contribution in [-0.2, 0) is 0 Å². The van der Waals surface area contributed by atoms with Gasteiger partial charge >= 0.3 is 0 Å². The number of halogens is 3. The van der Waals surface area contributed by atoms with Crippen LogP contribution in [0.1, 0.15) is 17.7 Å². The van der Waals surface area contributed by atoms with Crippen molar-refractivity contribution >= 4 is 0 Å². The maximum atomic E-state index is 12.5. The maximum Gasteiger partial charge on any atom is 0.280 e. The smallest absolute Gasteiger partial charge is 0.252 e. The second-order valence-electron chi connectivity index (χ2n) is 2.00. The van der Waals surface area contributed by atoms with E-state index >= 15 is 0 Å². The Kier molecular flexibility index (Phi) is 2.29. The molecule has 0 N–H and O–H groups in total. The highest BCUT2D eigenvalue weighted by atomic mass is 19.3. The zero-order chi connectivity index (χ0) is 9.14. The Labute approximate surface area is 66.3 Å². The fraction of sp³-hybridized carbons (Fsp3) is 0.143. The molecule has 1 heterocycles. The Hall–Kier alpha value is -1.57. The van der Waals surface area contributed by atoms with Crippen LogP contribution < -0.4 is 0 Å². The summed E-state index contributed by atoms with van der Waals surface area (Å²) in [5, 5.41) is 8.26. The number of nitriles is 1. The van der Waals surface area contributed by atoms with Gasteiger partial charge in [0.25, 0.3) is 6.43 Å². The van der Waals surface area contributed by atoms with Crippen molar-refractivity contribution in [1.82, 2.24) is 4.98 Å². The highest BCUT2D eigenvalue weighted by molar-refractivity contribution is 5.30. The molecule has 0 spiro atoms. The fourth-order valence-electron chi connectivity index (χ4n) is 0.660. The summed E-state index contributed by atoms with van der Waals surface area (Å²) in [5.41, 5.74) is -1.01. The Bertz CT molecular complexity index is 330. The number of aromatic nitrogens is 1. The van der Waals surface area contributed by atoms with Gasteiger partial charge in [-0.05, 0) is 6.07 Å². The second kappa shape index (κ2) is 3.22. The molecule has 0 radical (unpaired) electrons. The first-order chi connectivity index (χ1) is 5.65. The summed E-state index contributed by atoms with van der Waals surface area (Å²) in [6.45, 7) is 0. The minimum atomic E-state index is -2.78. The van der Waals surface area contributed by atoms with E-state index in [2.05, 4.69) is 4.98 Å². The molecule has 0 saturated heterocycles. The first-order valence-electron chi connectivity index (χ1n) is 2.99. The first-order valence-corrected chi connectivity index (χ1v) is 2.99. The molecule has 1 aromatic rings. The molecule has 1 rings (SSSR count). The molecule has 0 aliphatic heterocycles. The standard InChI is InChI=1S/C7H3F3N2/c8-5-3-12-6(7(9)10)1-4(5)2-11/h1,3,7H. The number of hydrogen-bond donors (Lipinski definition) is 0. The molecule has 0 aliphatic rings. The van der Waals surface area contributed by atoms with Gasteiger partial charge in [0.2, 0.25) is 0 Å². The Morgan fingerprint density at radius 3 is 2.67 bits per heavy atom. The molecule has 2 nitrogen and oxygen atoms in total. The van der Waals surface area contributed by atoms with Crippen LogP contribution in [0, 0.1) is 17.1 Å². The van der Waals surface area contributed by atoms with Gasteiger partial charge in [0.1, 0.15) is 11.8 Å². The third kappa shape index (κ3) is 1.53. The maximum absolute atomic E-state index is 12.5. The van der Waals surface area contributed by atoms with E-state index in [1.54, 1.807) is 0 Å². The van der Waals surface area contributed by atoms with E-state index in [1.807, 2.05) is 0 Å². The molecule has 62 valence electrons. The van der Waals surface area contributed by atoms with Crippen LogP contribution in [-0.4, -0.2) is 4.98 Å². The van der Waals surface area contributed by atoms with Crippen LogP contribution in [0.5, 0.6) is 0 Å². The van der Waals surface area contributed by atoms with E-state index in [-0.39, 0.29) is 0 Å². The molecule has 0 amide bonds. The highest BCUT2D eigenvalue weighted by Crippen LogP contribution is 2.17. The summed E-state index contributed by atoms with van der Waals surface area (Å²) >= 11 is 0. The van der Waals surface area contributed by atoms with Crippen molar-refractivity contribution in [2.45, 2.75) is 6.43 Å². The van der Waals surface area contributed by atoms with Gasteiger partial charge in [-0.3, -0.25) is 4.98 Å². The molecule has 0 aliphatic carbocycles. The lowest BCUT2D eigenvalue weighted by molar-refractivity contribution is 0.146. The fourth-order valence-corrected chi connectivity index (χ4v) is 0.660. The Morgan fingerprint density at radius 1 is 1.50 bits per heavy atom. The summed E-state index contributed by atoms with van der Waals surface area (Å²) in [4.78, 5) is 3.11. The number of pyridine rings is 1. The van der Waals surface area contributed by atoms with E-state index in [1.165, 1.54) is 6.07 Å². The van der Waals surface area contributed by atoms with E-state index in [4.69, 9.17) is 5.26 Å². The molecule has 0 aromatic carbocycles. The minimum Gasteiger partial charge on any atom is -0.252 e. The van der Waals surface area contributed by atoms with Crippen molar-refractivity contribution in [2.24, 2.45) is 0 Å². The first kappa shape index (κ1) is 8.53. The van der Waals surface area contributed by atoms with Crippen LogP contribution in [0.4, 0.5) is 13.2 Å². The third-order valence-electron chi connectivity index (χ3n) is 1.22. The van der Waals surface area contributed by atoms with Crippen LogP contribution in [0.2, 0.25) is 0 Å². The zero-order valence-corrected chi connectivity index (χ0v) is 5.76. The summed E-state index contributed by atoms with van der Waals surface area (Å²) in [5.74, 6) is -0.887. The van der Waals surface area contributed by atoms with Crippen LogP contribution in [0.15, 0.2) is 12.3 Å². The summed E-state index contributed by atoms with van der Waals surface area (Å²) in [7, 11) is 0. The predicted molar refractivity (Wildman–Crippen MR) is 33.9 cm³/mol. The molecule has 0 bridgehead atoms. The van der Waals surface area contributed by atoms with Gasteiger partial charge < -0.3 is 0 Å². The van der Waals surface area contributed by atoms with Gasteiger partial charge in [0.05, 0.1) is 11.8 Å². The number of nitrogens with zero attached hydrogens (tertiary/aromatic N) is 2. The lowest BCUT2D eigenvalue weighted by atomic mass is 10.2. The molecule has 5 heteroatoms. The monoisotopic (exact) mass is 172 g/mol. The quantitative estimate of drug-likeness (QED) is 0.649. The average molecular weight is 172 g/mol. The van der Waals surface area contributed by atoms with Crippen molar-refractivity contribution < 1.29 is 13.2 Å². The lowest BCUT2D eigenvalue weighted by Gasteiger charge is -1.98. The third-order valence-corrected chi connectivity index (χ3v) is 1.22. The highest BCUT2D eigenvalue weighted by Gasteiger charge is 2.11. The molecule has 1 aromatic heterocycles. The number of hydrogen-bond acceptors (Lipinski definition) is 2. The molecule has 0 unspecified atom stereocenters. The zero-order valence-electron chi connectivity index (χ0n) is 5.76. The lowest BCUT2D eigenvalue weighted by Crippen LogP contribution is -1.93. The minimum absolute atomic E-state index is 0.416. The average Bonchev–Trinajstić information content (AvgIpc) is 2.05. The van der Waals surface area contributed by atoms with Crippen LogP contribution >= 0.6 is 0 Å². The number of rotatable bonds is 1. The van der Waals surface area contributed by atoms with Gasteiger partial charge in [0.15, 0.2) is 5.82 Å². The molecule has 0 fully saturated rings. The summed E-state index contributed by atoms with van der Waals surface area (Å²) in [6.07, 6.45) is -2.17. The van der Waals surface area contributed by atoms with E-state index in [9.17, 15) is 13.2 Å². The Morgan fingerprint density at radius 2 is 2.17 bits per heavy atom. The van der Waals surface area contributed by atoms with E-state index in [0.717, 1.165) is 6.07 Å². The van der Waals surface area contributed by atoms with Gasteiger partial charge in [-0.1, -0.05) is 0 Å². The van der Waals surface area contributed by atoms with E-state index < -0.39 is 23.5 Å². The van der Waals surface area contributed by atoms with E-state index in [0.29, 0.717) is 6.20 Å². The topological polar surface area (TPSA) is 36.7 Å². The summed E-state index contributed by atoms with van der Waals surface area (Å²) < 4.78 is 36.3. The van der Waals surface area contributed by atoms with Crippen LogP contribution in [0.3, 0.4) is 0 Å². The summed E-state index contributed by atoms with van der Waals surface area (Å²) in [6, 6.07) is 2.18. The van der Waals surface area contributed by atoms with Crippen molar-refractivity contribution in [2.75, 3.05) is 0 Å².